The standard InChI is InChI=1S/C14H15ClN2/c15-8-5-12-1-3-14(4-2-12)17-11-13-6-9-16-10-7-13/h1-4,6-7,9-10,17H,5,8,11H2. The van der Waals surface area contributed by atoms with E-state index in [4.69, 9.17) is 11.6 Å². The molecule has 0 fully saturated rings. The van der Waals surface area contributed by atoms with Crippen LogP contribution in [0.15, 0.2) is 48.8 Å². The van der Waals surface area contributed by atoms with Crippen LogP contribution in [0.3, 0.4) is 0 Å². The molecule has 0 amide bonds. The summed E-state index contributed by atoms with van der Waals surface area (Å²) < 4.78 is 0. The lowest BCUT2D eigenvalue weighted by Crippen LogP contribution is -1.99. The van der Waals surface area contributed by atoms with Gasteiger partial charge in [-0.15, -0.1) is 11.6 Å². The van der Waals surface area contributed by atoms with Gasteiger partial charge in [0.25, 0.3) is 0 Å². The molecule has 0 atom stereocenters. The minimum Gasteiger partial charge on any atom is -0.381 e. The Labute approximate surface area is 107 Å². The van der Waals surface area contributed by atoms with Gasteiger partial charge < -0.3 is 5.32 Å². The molecule has 0 saturated carbocycles. The summed E-state index contributed by atoms with van der Waals surface area (Å²) in [5, 5.41) is 3.37. The van der Waals surface area contributed by atoms with Crippen LogP contribution in [0.2, 0.25) is 0 Å². The summed E-state index contributed by atoms with van der Waals surface area (Å²) in [5.41, 5.74) is 3.62. The van der Waals surface area contributed by atoms with E-state index in [1.165, 1.54) is 11.1 Å². The van der Waals surface area contributed by atoms with Crippen molar-refractivity contribution < 1.29 is 0 Å². The molecule has 0 bridgehead atoms. The average Bonchev–Trinajstić information content (AvgIpc) is 2.40. The second-order valence-corrected chi connectivity index (χ2v) is 4.22. The molecule has 0 aliphatic heterocycles. The molecule has 0 saturated heterocycles. The average molecular weight is 247 g/mol. The van der Waals surface area contributed by atoms with Crippen molar-refractivity contribution >= 4 is 17.3 Å². The summed E-state index contributed by atoms with van der Waals surface area (Å²) in [7, 11) is 0. The Morgan fingerprint density at radius 2 is 1.65 bits per heavy atom. The molecular formula is C14H15ClN2. The quantitative estimate of drug-likeness (QED) is 0.818. The molecule has 2 nitrogen and oxygen atoms in total. The Morgan fingerprint density at radius 1 is 0.941 bits per heavy atom. The van der Waals surface area contributed by atoms with Crippen LogP contribution in [0, 0.1) is 0 Å². The molecule has 3 heteroatoms. The lowest BCUT2D eigenvalue weighted by atomic mass is 10.1. The number of nitrogens with one attached hydrogen (secondary N) is 1. The predicted molar refractivity (Wildman–Crippen MR) is 72.4 cm³/mol. The van der Waals surface area contributed by atoms with Crippen LogP contribution in [0.25, 0.3) is 0 Å². The second-order valence-electron chi connectivity index (χ2n) is 3.84. The van der Waals surface area contributed by atoms with E-state index < -0.39 is 0 Å². The molecule has 17 heavy (non-hydrogen) atoms. The van der Waals surface area contributed by atoms with Gasteiger partial charge >= 0.3 is 0 Å². The third-order valence-corrected chi connectivity index (χ3v) is 2.77. The summed E-state index contributed by atoms with van der Waals surface area (Å²) in [6, 6.07) is 12.4. The van der Waals surface area contributed by atoms with Crippen LogP contribution in [-0.2, 0) is 13.0 Å². The highest BCUT2D eigenvalue weighted by Crippen LogP contribution is 2.11. The van der Waals surface area contributed by atoms with Crippen LogP contribution in [0.4, 0.5) is 5.69 Å². The van der Waals surface area contributed by atoms with Gasteiger partial charge in [0.2, 0.25) is 0 Å². The number of hydrogen-bond donors (Lipinski definition) is 1. The van der Waals surface area contributed by atoms with Gasteiger partial charge in [0.15, 0.2) is 0 Å². The number of pyridine rings is 1. The fraction of sp³-hybridized carbons (Fsp3) is 0.214. The number of hydrogen-bond acceptors (Lipinski definition) is 2. The van der Waals surface area contributed by atoms with E-state index in [1.54, 1.807) is 12.4 Å². The first-order valence-corrected chi connectivity index (χ1v) is 6.19. The summed E-state index contributed by atoms with van der Waals surface area (Å²) in [6.07, 6.45) is 4.54. The number of alkyl halides is 1. The summed E-state index contributed by atoms with van der Waals surface area (Å²) in [6.45, 7) is 0.817. The molecule has 1 aromatic carbocycles. The van der Waals surface area contributed by atoms with Crippen molar-refractivity contribution in [1.82, 2.24) is 4.98 Å². The van der Waals surface area contributed by atoms with E-state index >= 15 is 0 Å². The molecule has 0 aliphatic carbocycles. The minimum atomic E-state index is 0.670. The summed E-state index contributed by atoms with van der Waals surface area (Å²) in [4.78, 5) is 3.99. The lowest BCUT2D eigenvalue weighted by Gasteiger charge is -2.07. The molecule has 88 valence electrons. The lowest BCUT2D eigenvalue weighted by molar-refractivity contribution is 1.12. The molecule has 0 unspecified atom stereocenters. The Hall–Kier alpha value is -1.54. The van der Waals surface area contributed by atoms with E-state index in [1.807, 2.05) is 12.1 Å². The molecule has 0 spiro atoms. The number of aryl methyl sites for hydroxylation is 1. The van der Waals surface area contributed by atoms with Crippen LogP contribution in [0.1, 0.15) is 11.1 Å². The smallest absolute Gasteiger partial charge is 0.0401 e. The van der Waals surface area contributed by atoms with Crippen molar-refractivity contribution in [3.8, 4) is 0 Å². The van der Waals surface area contributed by atoms with E-state index in [0.29, 0.717) is 5.88 Å². The van der Waals surface area contributed by atoms with Gasteiger partial charge in [0, 0.05) is 30.5 Å². The number of benzene rings is 1. The third-order valence-electron chi connectivity index (χ3n) is 2.58. The van der Waals surface area contributed by atoms with Crippen molar-refractivity contribution in [3.63, 3.8) is 0 Å². The first-order chi connectivity index (χ1) is 8.38. The highest BCUT2D eigenvalue weighted by Gasteiger charge is 1.95. The van der Waals surface area contributed by atoms with Crippen molar-refractivity contribution in [3.05, 3.63) is 59.9 Å². The van der Waals surface area contributed by atoms with Gasteiger partial charge in [0.05, 0.1) is 0 Å². The van der Waals surface area contributed by atoms with Gasteiger partial charge in [-0.1, -0.05) is 12.1 Å². The Kier molecular flexibility index (Phi) is 4.39. The van der Waals surface area contributed by atoms with Crippen LogP contribution in [-0.4, -0.2) is 10.9 Å². The molecule has 2 aromatic rings. The maximum Gasteiger partial charge on any atom is 0.0401 e. The molecule has 1 N–H and O–H groups in total. The zero-order valence-electron chi connectivity index (χ0n) is 9.57. The Bertz CT molecular complexity index is 440. The van der Waals surface area contributed by atoms with Crippen molar-refractivity contribution in [2.45, 2.75) is 13.0 Å². The molecule has 2 rings (SSSR count). The highest BCUT2D eigenvalue weighted by atomic mass is 35.5. The number of anilines is 1. The number of halogens is 1. The maximum atomic E-state index is 5.70. The largest absolute Gasteiger partial charge is 0.381 e. The second kappa shape index (κ2) is 6.26. The molecule has 1 aromatic heterocycles. The SMILES string of the molecule is ClCCc1ccc(NCc2ccncc2)cc1. The topological polar surface area (TPSA) is 24.9 Å². The van der Waals surface area contributed by atoms with E-state index in [0.717, 1.165) is 18.7 Å². The fourth-order valence-corrected chi connectivity index (χ4v) is 1.82. The first-order valence-electron chi connectivity index (χ1n) is 5.66. The van der Waals surface area contributed by atoms with Gasteiger partial charge in [-0.05, 0) is 41.8 Å². The summed E-state index contributed by atoms with van der Waals surface area (Å²) in [5.74, 6) is 0.670. The number of aromatic nitrogens is 1. The number of rotatable bonds is 5. The molecule has 0 radical (unpaired) electrons. The Balaban J connectivity index is 1.91. The van der Waals surface area contributed by atoms with Crippen LogP contribution >= 0.6 is 11.6 Å². The molecule has 0 aliphatic rings. The third kappa shape index (κ3) is 3.75. The van der Waals surface area contributed by atoms with Gasteiger partial charge in [0.1, 0.15) is 0 Å². The fourth-order valence-electron chi connectivity index (χ4n) is 1.60. The van der Waals surface area contributed by atoms with Crippen molar-refractivity contribution in [2.24, 2.45) is 0 Å². The number of nitrogens with zero attached hydrogens (tertiary/aromatic N) is 1. The Morgan fingerprint density at radius 3 is 2.29 bits per heavy atom. The van der Waals surface area contributed by atoms with E-state index in [2.05, 4.69) is 34.6 Å². The van der Waals surface area contributed by atoms with Crippen molar-refractivity contribution in [2.75, 3.05) is 11.2 Å². The summed E-state index contributed by atoms with van der Waals surface area (Å²) >= 11 is 5.70. The zero-order chi connectivity index (χ0) is 11.9. The molecule has 1 heterocycles. The van der Waals surface area contributed by atoms with Crippen LogP contribution < -0.4 is 5.32 Å². The van der Waals surface area contributed by atoms with Gasteiger partial charge in [-0.3, -0.25) is 4.98 Å². The predicted octanol–water partition coefficient (Wildman–Crippen LogP) is 3.48. The van der Waals surface area contributed by atoms with E-state index in [-0.39, 0.29) is 0 Å². The van der Waals surface area contributed by atoms with Crippen molar-refractivity contribution in [1.29, 1.82) is 0 Å². The van der Waals surface area contributed by atoms with Crippen LogP contribution in [0.5, 0.6) is 0 Å². The highest BCUT2D eigenvalue weighted by molar-refractivity contribution is 6.17. The minimum absolute atomic E-state index is 0.670. The molecular weight excluding hydrogens is 232 g/mol. The monoisotopic (exact) mass is 246 g/mol. The first kappa shape index (κ1) is 11.9. The zero-order valence-corrected chi connectivity index (χ0v) is 10.3. The van der Waals surface area contributed by atoms with Gasteiger partial charge in [-0.2, -0.15) is 0 Å². The van der Waals surface area contributed by atoms with Gasteiger partial charge in [-0.25, -0.2) is 0 Å². The maximum absolute atomic E-state index is 5.70. The van der Waals surface area contributed by atoms with E-state index in [9.17, 15) is 0 Å². The normalized spacial score (nSPS) is 10.2.